The fourth-order valence-corrected chi connectivity index (χ4v) is 5.60. The highest BCUT2D eigenvalue weighted by Gasteiger charge is 2.45. The molecule has 6 heteroatoms. The van der Waals surface area contributed by atoms with Gasteiger partial charge in [-0.1, -0.05) is 67.1 Å². The van der Waals surface area contributed by atoms with Crippen LogP contribution in [0.5, 0.6) is 0 Å². The highest BCUT2D eigenvalue weighted by molar-refractivity contribution is 5.85. The summed E-state index contributed by atoms with van der Waals surface area (Å²) in [5.41, 5.74) is 6.83. The maximum Gasteiger partial charge on any atom is 0.238 e. The molecule has 2 aromatic carbocycles. The van der Waals surface area contributed by atoms with E-state index >= 15 is 0 Å². The Bertz CT molecular complexity index is 890. The number of nitrogens with zero attached hydrogens (tertiary/aromatic N) is 3. The van der Waals surface area contributed by atoms with Crippen LogP contribution >= 0.6 is 12.4 Å². The molecule has 2 aliphatic rings. The van der Waals surface area contributed by atoms with Crippen LogP contribution in [-0.4, -0.2) is 54.0 Å². The summed E-state index contributed by atoms with van der Waals surface area (Å²) < 4.78 is 0. The fraction of sp³-hybridized carbons (Fsp3) is 0.481. The first-order valence-corrected chi connectivity index (χ1v) is 11.9. The Labute approximate surface area is 204 Å². The summed E-state index contributed by atoms with van der Waals surface area (Å²) in [4.78, 5) is 17.3. The van der Waals surface area contributed by atoms with E-state index in [4.69, 9.17) is 5.73 Å². The molecule has 0 saturated carbocycles. The highest BCUT2D eigenvalue weighted by atomic mass is 35.5. The van der Waals surface area contributed by atoms with Crippen LogP contribution in [0, 0.1) is 11.3 Å². The van der Waals surface area contributed by atoms with Gasteiger partial charge in [-0.25, -0.2) is 0 Å². The van der Waals surface area contributed by atoms with Crippen molar-refractivity contribution in [2.24, 2.45) is 5.73 Å². The molecular formula is C27H35ClN4O. The van der Waals surface area contributed by atoms with Crippen molar-refractivity contribution in [1.82, 2.24) is 9.80 Å². The second kappa shape index (κ2) is 11.2. The number of nitriles is 1. The smallest absolute Gasteiger partial charge is 0.238 e. The van der Waals surface area contributed by atoms with E-state index < -0.39 is 11.0 Å². The molecule has 176 valence electrons. The average Bonchev–Trinajstić information content (AvgIpc) is 2.87. The second-order valence-corrected chi connectivity index (χ2v) is 9.28. The van der Waals surface area contributed by atoms with Gasteiger partial charge >= 0.3 is 0 Å². The van der Waals surface area contributed by atoms with Gasteiger partial charge in [0.15, 0.2) is 0 Å². The van der Waals surface area contributed by atoms with Crippen molar-refractivity contribution in [3.05, 3.63) is 71.8 Å². The van der Waals surface area contributed by atoms with E-state index in [9.17, 15) is 10.1 Å². The van der Waals surface area contributed by atoms with Crippen LogP contribution in [-0.2, 0) is 10.2 Å². The number of likely N-dealkylation sites (tertiary alicyclic amines) is 2. The third-order valence-corrected chi connectivity index (χ3v) is 7.63. The number of carbonyl (C=O) groups excluding carboxylic acids is 1. The second-order valence-electron chi connectivity index (χ2n) is 9.28. The van der Waals surface area contributed by atoms with E-state index in [0.29, 0.717) is 6.42 Å². The zero-order chi connectivity index (χ0) is 22.4. The third-order valence-electron chi connectivity index (χ3n) is 7.63. The molecule has 1 amide bonds. The lowest BCUT2D eigenvalue weighted by Crippen LogP contribution is -2.63. The molecule has 2 aromatic rings. The molecule has 0 unspecified atom stereocenters. The minimum atomic E-state index is -0.687. The van der Waals surface area contributed by atoms with Crippen molar-refractivity contribution < 1.29 is 4.79 Å². The topological polar surface area (TPSA) is 73.4 Å². The van der Waals surface area contributed by atoms with E-state index in [1.807, 2.05) is 36.4 Å². The van der Waals surface area contributed by atoms with Crippen LogP contribution in [0.25, 0.3) is 0 Å². The zero-order valence-corrected chi connectivity index (χ0v) is 20.1. The highest BCUT2D eigenvalue weighted by Crippen LogP contribution is 2.37. The summed E-state index contributed by atoms with van der Waals surface area (Å²) in [5, 5.41) is 10.4. The summed E-state index contributed by atoms with van der Waals surface area (Å²) in [6.07, 6.45) is 5.81. The lowest BCUT2D eigenvalue weighted by atomic mass is 9.73. The first kappa shape index (κ1) is 25.2. The number of nitrogens with two attached hydrogens (primary N) is 1. The minimum absolute atomic E-state index is 0. The van der Waals surface area contributed by atoms with Gasteiger partial charge in [-0.2, -0.15) is 5.26 Å². The Morgan fingerprint density at radius 1 is 0.909 bits per heavy atom. The molecule has 2 heterocycles. The quantitative estimate of drug-likeness (QED) is 0.666. The molecule has 2 fully saturated rings. The first-order valence-electron chi connectivity index (χ1n) is 11.9. The maximum atomic E-state index is 12.5. The van der Waals surface area contributed by atoms with Gasteiger partial charge in [-0.05, 0) is 56.3 Å². The zero-order valence-electron chi connectivity index (χ0n) is 19.3. The molecule has 0 spiro atoms. The van der Waals surface area contributed by atoms with Crippen molar-refractivity contribution >= 4 is 18.3 Å². The van der Waals surface area contributed by atoms with Gasteiger partial charge in [-0.3, -0.25) is 9.69 Å². The van der Waals surface area contributed by atoms with Crippen molar-refractivity contribution in [2.75, 3.05) is 32.7 Å². The Hall–Kier alpha value is -2.39. The lowest BCUT2D eigenvalue weighted by Gasteiger charge is -2.48. The van der Waals surface area contributed by atoms with Gasteiger partial charge in [-0.15, -0.1) is 12.4 Å². The standard InChI is InChI=1S/C27H34N4O.ClH/c28-22-26(23-10-4-1-5-11-23,24-12-6-2-7-13-24)14-19-30-20-15-27(16-21-30,25(29)32)31-17-8-3-9-18-31;/h1-2,4-7,10-13H,3,8-9,14-21H2,(H2,29,32);1H. The molecule has 2 saturated heterocycles. The van der Waals surface area contributed by atoms with E-state index in [1.54, 1.807) is 0 Å². The van der Waals surface area contributed by atoms with Crippen molar-refractivity contribution in [3.8, 4) is 6.07 Å². The van der Waals surface area contributed by atoms with Crippen LogP contribution in [0.3, 0.4) is 0 Å². The van der Waals surface area contributed by atoms with Gasteiger partial charge in [0, 0.05) is 19.6 Å². The number of benzene rings is 2. The van der Waals surface area contributed by atoms with E-state index in [1.165, 1.54) is 6.42 Å². The fourth-order valence-electron chi connectivity index (χ4n) is 5.60. The maximum absolute atomic E-state index is 12.5. The normalized spacial score (nSPS) is 19.2. The van der Waals surface area contributed by atoms with E-state index in [0.717, 1.165) is 69.5 Å². The molecule has 4 rings (SSSR count). The van der Waals surface area contributed by atoms with Crippen LogP contribution in [0.4, 0.5) is 0 Å². The first-order chi connectivity index (χ1) is 15.6. The number of piperidine rings is 2. The van der Waals surface area contributed by atoms with Crippen LogP contribution in [0.15, 0.2) is 60.7 Å². The Balaban J connectivity index is 0.00000306. The largest absolute Gasteiger partial charge is 0.368 e. The summed E-state index contributed by atoms with van der Waals surface area (Å²) in [5.74, 6) is -0.168. The predicted octanol–water partition coefficient (Wildman–Crippen LogP) is 4.11. The van der Waals surface area contributed by atoms with Gasteiger partial charge in [0.25, 0.3) is 0 Å². The third kappa shape index (κ3) is 5.09. The number of halogens is 1. The van der Waals surface area contributed by atoms with Crippen molar-refractivity contribution in [3.63, 3.8) is 0 Å². The van der Waals surface area contributed by atoms with E-state index in [2.05, 4.69) is 40.1 Å². The van der Waals surface area contributed by atoms with Crippen LogP contribution in [0.2, 0.25) is 0 Å². The lowest BCUT2D eigenvalue weighted by molar-refractivity contribution is -0.135. The monoisotopic (exact) mass is 466 g/mol. The number of hydrogen-bond acceptors (Lipinski definition) is 4. The van der Waals surface area contributed by atoms with Gasteiger partial charge < -0.3 is 10.6 Å². The molecule has 2 N–H and O–H groups in total. The number of primary amides is 1. The molecule has 33 heavy (non-hydrogen) atoms. The summed E-state index contributed by atoms with van der Waals surface area (Å²) in [6, 6.07) is 22.9. The van der Waals surface area contributed by atoms with E-state index in [-0.39, 0.29) is 18.3 Å². The molecule has 0 radical (unpaired) electrons. The number of carbonyl (C=O) groups is 1. The number of hydrogen-bond donors (Lipinski definition) is 1. The summed E-state index contributed by atoms with van der Waals surface area (Å²) >= 11 is 0. The predicted molar refractivity (Wildman–Crippen MR) is 134 cm³/mol. The molecule has 0 aliphatic carbocycles. The molecule has 2 aliphatic heterocycles. The number of amides is 1. The SMILES string of the molecule is Cl.N#CC(CCN1CCC(C(N)=O)(N2CCCCC2)CC1)(c1ccccc1)c1ccccc1. The minimum Gasteiger partial charge on any atom is -0.368 e. The van der Waals surface area contributed by atoms with Crippen LogP contribution in [0.1, 0.15) is 49.7 Å². The van der Waals surface area contributed by atoms with Crippen LogP contribution < -0.4 is 5.73 Å². The Morgan fingerprint density at radius 2 is 1.42 bits per heavy atom. The molecule has 0 atom stereocenters. The molecule has 0 bridgehead atoms. The van der Waals surface area contributed by atoms with Crippen molar-refractivity contribution in [1.29, 1.82) is 5.26 Å². The van der Waals surface area contributed by atoms with Gasteiger partial charge in [0.1, 0.15) is 11.0 Å². The summed E-state index contributed by atoms with van der Waals surface area (Å²) in [7, 11) is 0. The van der Waals surface area contributed by atoms with Gasteiger partial charge in [0.05, 0.1) is 6.07 Å². The molecule has 0 aromatic heterocycles. The Kier molecular flexibility index (Phi) is 8.53. The Morgan fingerprint density at radius 3 is 1.88 bits per heavy atom. The van der Waals surface area contributed by atoms with Gasteiger partial charge in [0.2, 0.25) is 5.91 Å². The summed E-state index contributed by atoms with van der Waals surface area (Å²) in [6.45, 7) is 4.44. The average molecular weight is 467 g/mol. The van der Waals surface area contributed by atoms with Crippen molar-refractivity contribution in [2.45, 2.75) is 49.5 Å². The molecule has 5 nitrogen and oxygen atoms in total. The number of rotatable bonds is 7. The molecular weight excluding hydrogens is 432 g/mol.